The molecule has 1 N–H and O–H groups in total. The molecule has 0 aromatic rings. The lowest BCUT2D eigenvalue weighted by atomic mass is 9.74. The predicted octanol–water partition coefficient (Wildman–Crippen LogP) is 3.56. The minimum absolute atomic E-state index is 0.148. The highest BCUT2D eigenvalue weighted by atomic mass is 16.4. The fraction of sp³-hybridized carbons (Fsp3) is 0.923. The maximum Gasteiger partial charge on any atom is 0.306 e. The van der Waals surface area contributed by atoms with Crippen molar-refractivity contribution in [3.63, 3.8) is 0 Å². The first-order valence-electron chi connectivity index (χ1n) is 6.23. The van der Waals surface area contributed by atoms with Gasteiger partial charge >= 0.3 is 5.97 Å². The van der Waals surface area contributed by atoms with Crippen LogP contribution in [0, 0.1) is 23.7 Å². The summed E-state index contributed by atoms with van der Waals surface area (Å²) in [5, 5.41) is 8.95. The maximum absolute atomic E-state index is 10.9. The van der Waals surface area contributed by atoms with E-state index < -0.39 is 5.97 Å². The van der Waals surface area contributed by atoms with Crippen molar-refractivity contribution in [3.05, 3.63) is 0 Å². The second kappa shape index (κ2) is 5.53. The summed E-state index contributed by atoms with van der Waals surface area (Å²) in [5.74, 6) is 1.28. The van der Waals surface area contributed by atoms with Gasteiger partial charge in [-0.15, -0.1) is 0 Å². The molecule has 0 heterocycles. The van der Waals surface area contributed by atoms with Crippen LogP contribution in [0.5, 0.6) is 0 Å². The van der Waals surface area contributed by atoms with Crippen molar-refractivity contribution >= 4 is 5.97 Å². The molecule has 15 heavy (non-hydrogen) atoms. The van der Waals surface area contributed by atoms with Gasteiger partial charge in [0, 0.05) is 0 Å². The van der Waals surface area contributed by atoms with E-state index in [1.165, 1.54) is 19.3 Å². The highest BCUT2D eigenvalue weighted by Crippen LogP contribution is 2.36. The van der Waals surface area contributed by atoms with E-state index in [0.717, 1.165) is 24.7 Å². The average Bonchev–Trinajstić information content (AvgIpc) is 2.17. The molecule has 0 saturated heterocycles. The van der Waals surface area contributed by atoms with Gasteiger partial charge in [0.05, 0.1) is 5.92 Å². The lowest BCUT2D eigenvalue weighted by Gasteiger charge is -2.31. The molecule has 0 bridgehead atoms. The Morgan fingerprint density at radius 3 is 2.13 bits per heavy atom. The summed E-state index contributed by atoms with van der Waals surface area (Å²) in [4.78, 5) is 10.9. The quantitative estimate of drug-likeness (QED) is 0.773. The zero-order chi connectivity index (χ0) is 11.4. The Balaban J connectivity index is 2.32. The summed E-state index contributed by atoms with van der Waals surface area (Å²) in [6.07, 6.45) is 6.02. The Labute approximate surface area is 93.1 Å². The van der Waals surface area contributed by atoms with Crippen molar-refractivity contribution in [2.75, 3.05) is 0 Å². The smallest absolute Gasteiger partial charge is 0.306 e. The number of carboxylic acids is 1. The molecular weight excluding hydrogens is 188 g/mol. The molecule has 1 fully saturated rings. The van der Waals surface area contributed by atoms with Gasteiger partial charge in [0.15, 0.2) is 0 Å². The van der Waals surface area contributed by atoms with Gasteiger partial charge < -0.3 is 5.11 Å². The lowest BCUT2D eigenvalue weighted by Crippen LogP contribution is -2.25. The van der Waals surface area contributed by atoms with Gasteiger partial charge in [-0.2, -0.15) is 0 Å². The number of hydrogen-bond acceptors (Lipinski definition) is 1. The topological polar surface area (TPSA) is 37.3 Å². The van der Waals surface area contributed by atoms with E-state index in [9.17, 15) is 4.79 Å². The predicted molar refractivity (Wildman–Crippen MR) is 61.7 cm³/mol. The van der Waals surface area contributed by atoms with Gasteiger partial charge in [0.1, 0.15) is 0 Å². The van der Waals surface area contributed by atoms with E-state index in [-0.39, 0.29) is 5.92 Å². The molecule has 88 valence electrons. The van der Waals surface area contributed by atoms with E-state index in [1.54, 1.807) is 0 Å². The monoisotopic (exact) mass is 212 g/mol. The molecule has 0 radical (unpaired) electrons. The SMILES string of the molecule is CC(C)CC1CCC(C(C)C(=O)O)CC1. The van der Waals surface area contributed by atoms with Crippen LogP contribution in [0.2, 0.25) is 0 Å². The number of hydrogen-bond donors (Lipinski definition) is 1. The van der Waals surface area contributed by atoms with Crippen LogP contribution in [0.25, 0.3) is 0 Å². The van der Waals surface area contributed by atoms with Gasteiger partial charge in [-0.25, -0.2) is 0 Å². The molecule has 0 aromatic carbocycles. The second-order valence-electron chi connectivity index (χ2n) is 5.54. The van der Waals surface area contributed by atoms with Crippen molar-refractivity contribution in [2.24, 2.45) is 23.7 Å². The van der Waals surface area contributed by atoms with E-state index >= 15 is 0 Å². The molecule has 1 aliphatic carbocycles. The summed E-state index contributed by atoms with van der Waals surface area (Å²) in [7, 11) is 0. The molecule has 0 amide bonds. The first kappa shape index (κ1) is 12.5. The Bertz CT molecular complexity index is 203. The van der Waals surface area contributed by atoms with Crippen molar-refractivity contribution in [1.82, 2.24) is 0 Å². The fourth-order valence-electron chi connectivity index (χ4n) is 2.79. The van der Waals surface area contributed by atoms with Crippen LogP contribution in [-0.2, 0) is 4.79 Å². The molecule has 2 nitrogen and oxygen atoms in total. The molecule has 1 atom stereocenters. The van der Waals surface area contributed by atoms with Gasteiger partial charge in [0.25, 0.3) is 0 Å². The number of rotatable bonds is 4. The highest BCUT2D eigenvalue weighted by Gasteiger charge is 2.28. The van der Waals surface area contributed by atoms with Crippen LogP contribution in [0.3, 0.4) is 0 Å². The Hall–Kier alpha value is -0.530. The van der Waals surface area contributed by atoms with Crippen LogP contribution in [-0.4, -0.2) is 11.1 Å². The Kier molecular flexibility index (Phi) is 4.62. The molecule has 1 saturated carbocycles. The number of carboxylic acid groups (broad SMARTS) is 1. The molecule has 0 aromatic heterocycles. The molecule has 0 spiro atoms. The molecule has 1 rings (SSSR count). The highest BCUT2D eigenvalue weighted by molar-refractivity contribution is 5.69. The molecule has 1 unspecified atom stereocenters. The molecule has 0 aliphatic heterocycles. The van der Waals surface area contributed by atoms with Gasteiger partial charge in [0.2, 0.25) is 0 Å². The zero-order valence-electron chi connectivity index (χ0n) is 10.2. The minimum atomic E-state index is -0.623. The number of carbonyl (C=O) groups is 1. The van der Waals surface area contributed by atoms with E-state index in [2.05, 4.69) is 13.8 Å². The van der Waals surface area contributed by atoms with Crippen LogP contribution in [0.1, 0.15) is 52.9 Å². The van der Waals surface area contributed by atoms with E-state index in [4.69, 9.17) is 5.11 Å². The summed E-state index contributed by atoms with van der Waals surface area (Å²) in [5.41, 5.74) is 0. The molecule has 1 aliphatic rings. The third-order valence-corrected chi connectivity index (χ3v) is 3.79. The lowest BCUT2D eigenvalue weighted by molar-refractivity contribution is -0.143. The third kappa shape index (κ3) is 3.84. The zero-order valence-corrected chi connectivity index (χ0v) is 10.2. The van der Waals surface area contributed by atoms with Gasteiger partial charge in [-0.3, -0.25) is 4.79 Å². The summed E-state index contributed by atoms with van der Waals surface area (Å²) < 4.78 is 0. The summed E-state index contributed by atoms with van der Waals surface area (Å²) in [6, 6.07) is 0. The van der Waals surface area contributed by atoms with Crippen molar-refractivity contribution in [3.8, 4) is 0 Å². The van der Waals surface area contributed by atoms with E-state index in [0.29, 0.717) is 5.92 Å². The standard InChI is InChI=1S/C13H24O2/c1-9(2)8-11-4-6-12(7-5-11)10(3)13(14)15/h9-12H,4-8H2,1-3H3,(H,14,15). The average molecular weight is 212 g/mol. The Morgan fingerprint density at radius 1 is 1.20 bits per heavy atom. The largest absolute Gasteiger partial charge is 0.481 e. The summed E-state index contributed by atoms with van der Waals surface area (Å²) >= 11 is 0. The normalized spacial score (nSPS) is 29.1. The maximum atomic E-state index is 10.9. The van der Waals surface area contributed by atoms with Crippen LogP contribution >= 0.6 is 0 Å². The first-order chi connectivity index (χ1) is 7.00. The number of aliphatic carboxylic acids is 1. The van der Waals surface area contributed by atoms with Gasteiger partial charge in [-0.1, -0.05) is 33.6 Å². The van der Waals surface area contributed by atoms with Crippen LogP contribution in [0.4, 0.5) is 0 Å². The Morgan fingerprint density at radius 2 is 1.73 bits per heavy atom. The van der Waals surface area contributed by atoms with Gasteiger partial charge in [-0.05, 0) is 37.0 Å². The van der Waals surface area contributed by atoms with Crippen molar-refractivity contribution in [2.45, 2.75) is 52.9 Å². The van der Waals surface area contributed by atoms with Crippen LogP contribution in [0.15, 0.2) is 0 Å². The van der Waals surface area contributed by atoms with E-state index in [1.807, 2.05) is 6.92 Å². The summed E-state index contributed by atoms with van der Waals surface area (Å²) in [6.45, 7) is 6.40. The van der Waals surface area contributed by atoms with Crippen LogP contribution < -0.4 is 0 Å². The van der Waals surface area contributed by atoms with Crippen molar-refractivity contribution < 1.29 is 9.90 Å². The molecule has 2 heteroatoms. The van der Waals surface area contributed by atoms with Crippen molar-refractivity contribution in [1.29, 1.82) is 0 Å². The fourth-order valence-corrected chi connectivity index (χ4v) is 2.79. The molecular formula is C13H24O2. The second-order valence-corrected chi connectivity index (χ2v) is 5.54. The first-order valence-corrected chi connectivity index (χ1v) is 6.23. The third-order valence-electron chi connectivity index (χ3n) is 3.79. The minimum Gasteiger partial charge on any atom is -0.481 e.